The molecule has 2 aromatic rings. The van der Waals surface area contributed by atoms with Crippen LogP contribution in [0.2, 0.25) is 0 Å². The van der Waals surface area contributed by atoms with E-state index in [1.54, 1.807) is 0 Å². The Hall–Kier alpha value is -1.85. The van der Waals surface area contributed by atoms with Gasteiger partial charge in [-0.2, -0.15) is 0 Å². The summed E-state index contributed by atoms with van der Waals surface area (Å²) < 4.78 is 7.93. The van der Waals surface area contributed by atoms with Crippen molar-refractivity contribution < 1.29 is 4.74 Å². The van der Waals surface area contributed by atoms with Crippen LogP contribution in [-0.4, -0.2) is 58.7 Å². The molecule has 0 N–H and O–H groups in total. The summed E-state index contributed by atoms with van der Waals surface area (Å²) in [6, 6.07) is 9.20. The van der Waals surface area contributed by atoms with Gasteiger partial charge in [-0.3, -0.25) is 4.90 Å². The molecule has 0 amide bonds. The monoisotopic (exact) mass is 342 g/mol. The topological polar surface area (TPSA) is 33.5 Å². The molecule has 1 saturated heterocycles. The van der Waals surface area contributed by atoms with Crippen molar-refractivity contribution in [1.29, 1.82) is 0 Å². The van der Waals surface area contributed by atoms with Gasteiger partial charge in [0.15, 0.2) is 0 Å². The fraction of sp³-hybridized carbons (Fsp3) is 0.550. The fourth-order valence-electron chi connectivity index (χ4n) is 3.44. The van der Waals surface area contributed by atoms with Crippen LogP contribution in [0.15, 0.2) is 43.0 Å². The summed E-state index contributed by atoms with van der Waals surface area (Å²) in [6.45, 7) is 8.56. The van der Waals surface area contributed by atoms with Crippen LogP contribution >= 0.6 is 0 Å². The van der Waals surface area contributed by atoms with Gasteiger partial charge in [0.1, 0.15) is 5.75 Å². The summed E-state index contributed by atoms with van der Waals surface area (Å²) in [7, 11) is 2.22. The van der Waals surface area contributed by atoms with Crippen LogP contribution < -0.4 is 4.74 Å². The van der Waals surface area contributed by atoms with Gasteiger partial charge >= 0.3 is 0 Å². The molecule has 136 valence electrons. The van der Waals surface area contributed by atoms with Crippen LogP contribution in [0.1, 0.15) is 25.3 Å². The third-order valence-electron chi connectivity index (χ3n) is 4.88. The van der Waals surface area contributed by atoms with Crippen LogP contribution in [0.25, 0.3) is 0 Å². The average Bonchev–Trinajstić information content (AvgIpc) is 3.07. The Morgan fingerprint density at radius 3 is 2.80 bits per heavy atom. The molecule has 1 aromatic carbocycles. The van der Waals surface area contributed by atoms with Crippen molar-refractivity contribution in [2.45, 2.75) is 38.9 Å². The van der Waals surface area contributed by atoms with E-state index < -0.39 is 0 Å². The number of aryl methyl sites for hydroxylation is 1. The van der Waals surface area contributed by atoms with E-state index >= 15 is 0 Å². The lowest BCUT2D eigenvalue weighted by Crippen LogP contribution is -2.37. The number of benzene rings is 1. The molecule has 0 bridgehead atoms. The number of hydrogen-bond donors (Lipinski definition) is 0. The highest BCUT2D eigenvalue weighted by molar-refractivity contribution is 5.27. The highest BCUT2D eigenvalue weighted by Gasteiger charge is 2.19. The molecular weight excluding hydrogens is 312 g/mol. The van der Waals surface area contributed by atoms with Crippen LogP contribution in [-0.2, 0) is 13.1 Å². The van der Waals surface area contributed by atoms with E-state index in [4.69, 9.17) is 4.74 Å². The number of imidazole rings is 1. The van der Waals surface area contributed by atoms with Gasteiger partial charge in [-0.1, -0.05) is 12.1 Å². The van der Waals surface area contributed by atoms with Gasteiger partial charge in [-0.25, -0.2) is 4.98 Å². The van der Waals surface area contributed by atoms with Crippen molar-refractivity contribution in [3.05, 3.63) is 48.5 Å². The summed E-state index contributed by atoms with van der Waals surface area (Å²) in [4.78, 5) is 9.07. The first-order chi connectivity index (χ1) is 12.2. The molecule has 1 aliphatic heterocycles. The van der Waals surface area contributed by atoms with Crippen molar-refractivity contribution in [2.75, 3.05) is 33.3 Å². The predicted octanol–water partition coefficient (Wildman–Crippen LogP) is 2.88. The molecular formula is C20H30N4O. The standard InChI is InChI=1S/C20H30N4O/c1-18-15-22(2)10-3-12-24(18)16-19-5-7-20(8-6-19)25-14-4-11-23-13-9-21-17-23/h5-9,13,17-18H,3-4,10-12,14-16H2,1-2H3. The normalized spacial score (nSPS) is 19.7. The first-order valence-electron chi connectivity index (χ1n) is 9.31. The van der Waals surface area contributed by atoms with Crippen LogP contribution in [0.5, 0.6) is 5.75 Å². The van der Waals surface area contributed by atoms with Gasteiger partial charge in [0.2, 0.25) is 0 Å². The molecule has 3 rings (SSSR count). The number of aromatic nitrogens is 2. The summed E-state index contributed by atoms with van der Waals surface area (Å²) >= 11 is 0. The van der Waals surface area contributed by atoms with E-state index in [2.05, 4.69) is 57.6 Å². The lowest BCUT2D eigenvalue weighted by atomic mass is 10.1. The zero-order valence-corrected chi connectivity index (χ0v) is 15.5. The maximum absolute atomic E-state index is 5.85. The number of ether oxygens (including phenoxy) is 1. The molecule has 5 heteroatoms. The minimum atomic E-state index is 0.603. The second-order valence-corrected chi connectivity index (χ2v) is 7.08. The Bertz CT molecular complexity index is 611. The summed E-state index contributed by atoms with van der Waals surface area (Å²) in [6.07, 6.45) is 7.87. The highest BCUT2D eigenvalue weighted by atomic mass is 16.5. The zero-order chi connectivity index (χ0) is 17.5. The highest BCUT2D eigenvalue weighted by Crippen LogP contribution is 2.17. The Kier molecular flexibility index (Phi) is 6.48. The molecule has 1 unspecified atom stereocenters. The first kappa shape index (κ1) is 18.0. The van der Waals surface area contributed by atoms with Gasteiger partial charge in [-0.05, 0) is 51.1 Å². The van der Waals surface area contributed by atoms with E-state index in [1.165, 1.54) is 25.1 Å². The van der Waals surface area contributed by atoms with E-state index in [-0.39, 0.29) is 0 Å². The molecule has 2 heterocycles. The molecule has 1 fully saturated rings. The van der Waals surface area contributed by atoms with Crippen molar-refractivity contribution in [1.82, 2.24) is 19.4 Å². The minimum Gasteiger partial charge on any atom is -0.494 e. The zero-order valence-electron chi connectivity index (χ0n) is 15.5. The number of hydrogen-bond acceptors (Lipinski definition) is 4. The molecule has 1 atom stereocenters. The first-order valence-corrected chi connectivity index (χ1v) is 9.31. The Morgan fingerprint density at radius 2 is 2.04 bits per heavy atom. The average molecular weight is 342 g/mol. The predicted molar refractivity (Wildman–Crippen MR) is 101 cm³/mol. The Balaban J connectivity index is 1.43. The van der Waals surface area contributed by atoms with Crippen molar-refractivity contribution in [3.8, 4) is 5.75 Å². The smallest absolute Gasteiger partial charge is 0.119 e. The van der Waals surface area contributed by atoms with Crippen LogP contribution in [0, 0.1) is 0 Å². The van der Waals surface area contributed by atoms with Gasteiger partial charge in [0.05, 0.1) is 12.9 Å². The molecule has 0 saturated carbocycles. The molecule has 0 aliphatic carbocycles. The maximum atomic E-state index is 5.85. The SMILES string of the molecule is CC1CN(C)CCCN1Cc1ccc(OCCCn2ccnc2)cc1. The molecule has 0 radical (unpaired) electrons. The van der Waals surface area contributed by atoms with E-state index in [9.17, 15) is 0 Å². The third kappa shape index (κ3) is 5.58. The van der Waals surface area contributed by atoms with Gasteiger partial charge < -0.3 is 14.2 Å². The van der Waals surface area contributed by atoms with Gasteiger partial charge in [0, 0.05) is 44.6 Å². The summed E-state index contributed by atoms with van der Waals surface area (Å²) in [5, 5.41) is 0. The van der Waals surface area contributed by atoms with Crippen molar-refractivity contribution in [2.24, 2.45) is 0 Å². The maximum Gasteiger partial charge on any atom is 0.119 e. The van der Waals surface area contributed by atoms with Gasteiger partial charge in [0.25, 0.3) is 0 Å². The number of nitrogens with zero attached hydrogens (tertiary/aromatic N) is 4. The fourth-order valence-corrected chi connectivity index (χ4v) is 3.44. The van der Waals surface area contributed by atoms with E-state index in [0.717, 1.165) is 38.4 Å². The molecule has 1 aliphatic rings. The Labute approximate surface area is 151 Å². The third-order valence-corrected chi connectivity index (χ3v) is 4.88. The van der Waals surface area contributed by atoms with Crippen molar-refractivity contribution >= 4 is 0 Å². The lowest BCUT2D eigenvalue weighted by molar-refractivity contribution is 0.194. The molecule has 1 aromatic heterocycles. The second kappa shape index (κ2) is 9.02. The number of rotatable bonds is 7. The Morgan fingerprint density at radius 1 is 1.20 bits per heavy atom. The number of likely N-dealkylation sites (N-methyl/N-ethyl adjacent to an activating group) is 1. The van der Waals surface area contributed by atoms with Gasteiger partial charge in [-0.15, -0.1) is 0 Å². The van der Waals surface area contributed by atoms with E-state index in [1.807, 2.05) is 18.7 Å². The molecule has 5 nitrogen and oxygen atoms in total. The summed E-state index contributed by atoms with van der Waals surface area (Å²) in [5.74, 6) is 0.957. The van der Waals surface area contributed by atoms with Crippen molar-refractivity contribution in [3.63, 3.8) is 0 Å². The van der Waals surface area contributed by atoms with Crippen LogP contribution in [0.4, 0.5) is 0 Å². The summed E-state index contributed by atoms with van der Waals surface area (Å²) in [5.41, 5.74) is 1.36. The second-order valence-electron chi connectivity index (χ2n) is 7.08. The van der Waals surface area contributed by atoms with Crippen LogP contribution in [0.3, 0.4) is 0 Å². The van der Waals surface area contributed by atoms with E-state index in [0.29, 0.717) is 6.04 Å². The quantitative estimate of drug-likeness (QED) is 0.725. The lowest BCUT2D eigenvalue weighted by Gasteiger charge is -2.27. The minimum absolute atomic E-state index is 0.603. The molecule has 0 spiro atoms. The molecule has 25 heavy (non-hydrogen) atoms. The largest absolute Gasteiger partial charge is 0.494 e.